The van der Waals surface area contributed by atoms with E-state index in [2.05, 4.69) is 30.1 Å². The summed E-state index contributed by atoms with van der Waals surface area (Å²) in [6, 6.07) is 14.3. The number of phenols is 1. The molecule has 3 atom stereocenters. The van der Waals surface area contributed by atoms with Gasteiger partial charge in [0.2, 0.25) is 0 Å². The molecule has 2 aliphatic carbocycles. The van der Waals surface area contributed by atoms with Crippen LogP contribution in [0.2, 0.25) is 0 Å². The molecule has 1 N–H and O–H groups in total. The number of methoxy groups -OCH3 is 1. The van der Waals surface area contributed by atoms with Gasteiger partial charge in [-0.15, -0.1) is 12.4 Å². The van der Waals surface area contributed by atoms with Gasteiger partial charge in [-0.25, -0.2) is 0 Å². The van der Waals surface area contributed by atoms with Gasteiger partial charge in [0.25, 0.3) is 0 Å². The van der Waals surface area contributed by atoms with E-state index in [1.807, 2.05) is 24.3 Å². The van der Waals surface area contributed by atoms with Gasteiger partial charge in [-0.05, 0) is 50.0 Å². The first-order valence-corrected chi connectivity index (χ1v) is 10.8. The summed E-state index contributed by atoms with van der Waals surface area (Å²) < 4.78 is 12.3. The molecule has 31 heavy (non-hydrogen) atoms. The lowest BCUT2D eigenvalue weighted by atomic mass is 9.49. The van der Waals surface area contributed by atoms with Crippen LogP contribution in [-0.2, 0) is 28.0 Å². The second kappa shape index (κ2) is 8.12. The normalized spacial score (nSPS) is 29.5. The Morgan fingerprint density at radius 1 is 1.16 bits per heavy atom. The molecule has 5 rings (SSSR count). The number of Topliss-reactive ketones (excluding diaryl/α,β-unsaturated/α-hetero) is 1. The fourth-order valence-electron chi connectivity index (χ4n) is 6.33. The molecule has 1 aliphatic heterocycles. The SMILES string of the molecule is COc1ccc2c(c1O)[C@]13CCN(C)[C@H](C2)[C@]1(OCc1ccccc1)CCC(=O)C3.Cl. The molecule has 0 radical (unpaired) electrons. The van der Waals surface area contributed by atoms with Crippen LogP contribution in [0.4, 0.5) is 0 Å². The van der Waals surface area contributed by atoms with Gasteiger partial charge in [0.05, 0.1) is 19.3 Å². The first-order valence-electron chi connectivity index (χ1n) is 10.8. The summed E-state index contributed by atoms with van der Waals surface area (Å²) in [5.74, 6) is 0.906. The lowest BCUT2D eigenvalue weighted by molar-refractivity contribution is -0.202. The molecule has 0 aromatic heterocycles. The Balaban J connectivity index is 0.00000231. The summed E-state index contributed by atoms with van der Waals surface area (Å²) in [5.41, 5.74) is 2.08. The number of carbonyl (C=O) groups is 1. The highest BCUT2D eigenvalue weighted by atomic mass is 35.5. The maximum atomic E-state index is 12.8. The fourth-order valence-corrected chi connectivity index (χ4v) is 6.33. The number of phenolic OH excluding ortho intramolecular Hbond substituents is 1. The molecular formula is C25H30ClNO4. The Morgan fingerprint density at radius 2 is 1.94 bits per heavy atom. The van der Waals surface area contributed by atoms with Gasteiger partial charge in [-0.1, -0.05) is 36.4 Å². The third-order valence-electron chi connectivity index (χ3n) is 7.72. The van der Waals surface area contributed by atoms with E-state index in [9.17, 15) is 9.90 Å². The van der Waals surface area contributed by atoms with Crippen LogP contribution in [0.15, 0.2) is 42.5 Å². The Hall–Kier alpha value is -2.08. The third kappa shape index (κ3) is 3.17. The second-order valence-electron chi connectivity index (χ2n) is 9.06. The Kier molecular flexibility index (Phi) is 5.80. The van der Waals surface area contributed by atoms with Gasteiger partial charge in [-0.3, -0.25) is 4.79 Å². The average Bonchev–Trinajstić information content (AvgIpc) is 2.76. The van der Waals surface area contributed by atoms with E-state index in [1.54, 1.807) is 7.11 Å². The minimum absolute atomic E-state index is 0. The van der Waals surface area contributed by atoms with Gasteiger partial charge in [0.1, 0.15) is 5.78 Å². The van der Waals surface area contributed by atoms with Crippen molar-refractivity contribution in [3.8, 4) is 11.5 Å². The minimum Gasteiger partial charge on any atom is -0.504 e. The number of halogens is 1. The standard InChI is InChI=1S/C25H29NO4.ClH/c1-26-13-12-24-15-19(27)10-11-25(24,30-16-17-6-4-3-5-7-17)21(26)14-18-8-9-20(29-2)23(28)22(18)24;/h3-9,21,28H,10-16H2,1-2H3;1H/t21-,24-,25-;/m1./s1. The summed E-state index contributed by atoms with van der Waals surface area (Å²) in [4.78, 5) is 15.2. The van der Waals surface area contributed by atoms with E-state index < -0.39 is 11.0 Å². The van der Waals surface area contributed by atoms with Crippen molar-refractivity contribution in [2.75, 3.05) is 20.7 Å². The van der Waals surface area contributed by atoms with Gasteiger partial charge in [0, 0.05) is 29.9 Å². The highest BCUT2D eigenvalue weighted by Gasteiger charge is 2.66. The zero-order chi connectivity index (χ0) is 20.9. The Morgan fingerprint density at radius 3 is 2.68 bits per heavy atom. The molecule has 3 aliphatic rings. The number of likely N-dealkylation sites (N-methyl/N-ethyl adjacent to an activating group) is 1. The maximum Gasteiger partial charge on any atom is 0.161 e. The number of hydrogen-bond acceptors (Lipinski definition) is 5. The zero-order valence-corrected chi connectivity index (χ0v) is 18.9. The highest BCUT2D eigenvalue weighted by Crippen LogP contribution is 2.61. The number of nitrogens with zero attached hydrogens (tertiary/aromatic N) is 1. The first-order chi connectivity index (χ1) is 14.5. The van der Waals surface area contributed by atoms with Crippen LogP contribution in [0.3, 0.4) is 0 Å². The molecule has 1 saturated heterocycles. The largest absolute Gasteiger partial charge is 0.504 e. The fraction of sp³-hybridized carbons (Fsp3) is 0.480. The van der Waals surface area contributed by atoms with Crippen molar-refractivity contribution in [1.82, 2.24) is 4.90 Å². The number of rotatable bonds is 4. The zero-order valence-electron chi connectivity index (χ0n) is 18.1. The molecule has 1 saturated carbocycles. The molecule has 1 heterocycles. The number of aromatic hydroxyl groups is 1. The topological polar surface area (TPSA) is 59.0 Å². The van der Waals surface area contributed by atoms with Crippen LogP contribution >= 0.6 is 12.4 Å². The van der Waals surface area contributed by atoms with Gasteiger partial charge < -0.3 is 19.5 Å². The molecule has 2 fully saturated rings. The average molecular weight is 444 g/mol. The summed E-state index contributed by atoms with van der Waals surface area (Å²) in [6.45, 7) is 1.38. The number of carbonyl (C=O) groups excluding carboxylic acids is 1. The number of ketones is 1. The molecule has 2 aromatic rings. The number of fused-ring (bicyclic) bond motifs is 1. The van der Waals surface area contributed by atoms with E-state index in [0.29, 0.717) is 31.6 Å². The molecule has 6 heteroatoms. The maximum absolute atomic E-state index is 12.8. The van der Waals surface area contributed by atoms with E-state index >= 15 is 0 Å². The predicted molar refractivity (Wildman–Crippen MR) is 121 cm³/mol. The van der Waals surface area contributed by atoms with Gasteiger partial charge in [0.15, 0.2) is 11.5 Å². The van der Waals surface area contributed by atoms with Crippen LogP contribution in [-0.4, -0.2) is 48.1 Å². The van der Waals surface area contributed by atoms with Crippen molar-refractivity contribution < 1.29 is 19.4 Å². The van der Waals surface area contributed by atoms with Crippen LogP contribution in [0.1, 0.15) is 42.4 Å². The molecule has 0 amide bonds. The number of likely N-dealkylation sites (tertiary alicyclic amines) is 1. The smallest absolute Gasteiger partial charge is 0.161 e. The summed E-state index contributed by atoms with van der Waals surface area (Å²) in [6.07, 6.45) is 3.22. The number of piperidine rings is 1. The molecule has 166 valence electrons. The lowest BCUT2D eigenvalue weighted by Gasteiger charge is -2.64. The van der Waals surface area contributed by atoms with Crippen molar-refractivity contribution in [3.05, 3.63) is 59.2 Å². The van der Waals surface area contributed by atoms with Crippen molar-refractivity contribution in [2.45, 2.75) is 55.8 Å². The Labute approximate surface area is 189 Å². The minimum atomic E-state index is -0.527. The lowest BCUT2D eigenvalue weighted by Crippen LogP contribution is -2.73. The van der Waals surface area contributed by atoms with E-state index in [4.69, 9.17) is 9.47 Å². The molecule has 2 bridgehead atoms. The van der Waals surface area contributed by atoms with Crippen molar-refractivity contribution in [1.29, 1.82) is 0 Å². The first kappa shape index (κ1) is 22.1. The number of hydrogen-bond donors (Lipinski definition) is 1. The van der Waals surface area contributed by atoms with Crippen molar-refractivity contribution in [2.24, 2.45) is 0 Å². The molecule has 5 nitrogen and oxygen atoms in total. The summed E-state index contributed by atoms with van der Waals surface area (Å²) >= 11 is 0. The summed E-state index contributed by atoms with van der Waals surface area (Å²) in [5, 5.41) is 11.2. The second-order valence-corrected chi connectivity index (χ2v) is 9.06. The van der Waals surface area contributed by atoms with E-state index in [-0.39, 0.29) is 30.0 Å². The van der Waals surface area contributed by atoms with E-state index in [1.165, 1.54) is 0 Å². The number of benzene rings is 2. The van der Waals surface area contributed by atoms with Crippen molar-refractivity contribution >= 4 is 18.2 Å². The van der Waals surface area contributed by atoms with Gasteiger partial charge >= 0.3 is 0 Å². The van der Waals surface area contributed by atoms with Gasteiger partial charge in [-0.2, -0.15) is 0 Å². The van der Waals surface area contributed by atoms with E-state index in [0.717, 1.165) is 36.1 Å². The van der Waals surface area contributed by atoms with Crippen LogP contribution in [0, 0.1) is 0 Å². The monoisotopic (exact) mass is 443 g/mol. The van der Waals surface area contributed by atoms with Crippen LogP contribution in [0.5, 0.6) is 11.5 Å². The predicted octanol–water partition coefficient (Wildman–Crippen LogP) is 4.03. The number of ether oxygens (including phenoxy) is 2. The summed E-state index contributed by atoms with van der Waals surface area (Å²) in [7, 11) is 3.73. The van der Waals surface area contributed by atoms with Crippen LogP contribution < -0.4 is 4.74 Å². The van der Waals surface area contributed by atoms with Crippen molar-refractivity contribution in [3.63, 3.8) is 0 Å². The Bertz CT molecular complexity index is 981. The third-order valence-corrected chi connectivity index (χ3v) is 7.72. The molecule has 0 unspecified atom stereocenters. The highest BCUT2D eigenvalue weighted by molar-refractivity contribution is 5.85. The molecular weight excluding hydrogens is 414 g/mol. The molecule has 2 aromatic carbocycles. The quantitative estimate of drug-likeness (QED) is 0.773. The molecule has 0 spiro atoms. The van der Waals surface area contributed by atoms with Crippen LogP contribution in [0.25, 0.3) is 0 Å².